The Labute approximate surface area is 207 Å². The van der Waals surface area contributed by atoms with Gasteiger partial charge in [0, 0.05) is 51.4 Å². The van der Waals surface area contributed by atoms with Gasteiger partial charge in [0.25, 0.3) is 11.8 Å². The van der Waals surface area contributed by atoms with E-state index in [4.69, 9.17) is 14.3 Å². The molecule has 0 spiro atoms. The summed E-state index contributed by atoms with van der Waals surface area (Å²) in [5, 5.41) is 0.472. The molecule has 2 fully saturated rings. The maximum absolute atomic E-state index is 11.9. The van der Waals surface area contributed by atoms with Crippen LogP contribution in [0, 0.1) is 0 Å². The first kappa shape index (κ1) is 28.6. The maximum atomic E-state index is 11.9. The zero-order chi connectivity index (χ0) is 26.5. The van der Waals surface area contributed by atoms with Crippen molar-refractivity contribution in [1.82, 2.24) is 9.96 Å². The second kappa shape index (κ2) is 14.7. The number of amides is 4. The van der Waals surface area contributed by atoms with Crippen LogP contribution in [0.1, 0.15) is 77.0 Å². The van der Waals surface area contributed by atoms with Gasteiger partial charge in [-0.25, -0.2) is 4.79 Å². The molecule has 0 bridgehead atoms. The van der Waals surface area contributed by atoms with Gasteiger partial charge in [-0.05, 0) is 25.7 Å². The number of Topliss-reactive ketones (excluding diaryl/α,β-unsaturated/α-hetero) is 1. The number of carbonyl (C=O) groups is 8. The molecule has 2 aliphatic rings. The van der Waals surface area contributed by atoms with Crippen molar-refractivity contribution < 1.29 is 52.7 Å². The molecule has 13 heteroatoms. The van der Waals surface area contributed by atoms with Crippen molar-refractivity contribution in [3.8, 4) is 0 Å². The second-order valence-electron chi connectivity index (χ2n) is 8.31. The van der Waals surface area contributed by atoms with Gasteiger partial charge in [-0.15, -0.1) is 5.06 Å². The molecule has 0 aliphatic carbocycles. The van der Waals surface area contributed by atoms with Crippen LogP contribution in [0.5, 0.6) is 0 Å². The van der Waals surface area contributed by atoms with E-state index < -0.39 is 29.7 Å². The van der Waals surface area contributed by atoms with E-state index in [-0.39, 0.29) is 88.7 Å². The van der Waals surface area contributed by atoms with Crippen LogP contribution < -0.4 is 0 Å². The number of hydrogen-bond acceptors (Lipinski definition) is 11. The van der Waals surface area contributed by atoms with E-state index >= 15 is 0 Å². The average Bonchev–Trinajstić information content (AvgIpc) is 3.32. The van der Waals surface area contributed by atoms with E-state index in [2.05, 4.69) is 0 Å². The van der Waals surface area contributed by atoms with E-state index in [1.165, 1.54) is 0 Å². The van der Waals surface area contributed by atoms with Crippen LogP contribution in [0.3, 0.4) is 0 Å². The van der Waals surface area contributed by atoms with E-state index in [0.29, 0.717) is 30.7 Å². The molecule has 0 aromatic rings. The van der Waals surface area contributed by atoms with Crippen molar-refractivity contribution in [2.24, 2.45) is 0 Å². The minimum Gasteiger partial charge on any atom is -0.462 e. The third-order valence-corrected chi connectivity index (χ3v) is 5.40. The molecule has 0 atom stereocenters. The Hall–Kier alpha value is -3.64. The fourth-order valence-electron chi connectivity index (χ4n) is 3.45. The smallest absolute Gasteiger partial charge is 0.333 e. The predicted octanol–water partition coefficient (Wildman–Crippen LogP) is 0.519. The van der Waals surface area contributed by atoms with Crippen molar-refractivity contribution in [1.29, 1.82) is 0 Å². The number of unbranched alkanes of at least 4 members (excludes halogenated alkanes) is 2. The zero-order valence-electron chi connectivity index (χ0n) is 20.0. The third kappa shape index (κ3) is 9.92. The first-order valence-corrected chi connectivity index (χ1v) is 11.9. The molecule has 0 N–H and O–H groups in total. The Morgan fingerprint density at radius 2 is 1.00 bits per heavy atom. The van der Waals surface area contributed by atoms with E-state index in [0.717, 1.165) is 4.90 Å². The molecule has 2 saturated heterocycles. The van der Waals surface area contributed by atoms with Gasteiger partial charge in [-0.1, -0.05) is 0 Å². The molecule has 0 unspecified atom stereocenters. The van der Waals surface area contributed by atoms with Crippen molar-refractivity contribution in [3.63, 3.8) is 0 Å². The normalized spacial score (nSPS) is 15.4. The first-order valence-electron chi connectivity index (χ1n) is 11.9. The Morgan fingerprint density at radius 3 is 1.50 bits per heavy atom. The summed E-state index contributed by atoms with van der Waals surface area (Å²) in [6.07, 6.45) is 1.93. The molecule has 2 rings (SSSR count). The van der Waals surface area contributed by atoms with Crippen LogP contribution in [0.2, 0.25) is 0 Å². The Morgan fingerprint density at radius 1 is 0.583 bits per heavy atom. The molecular formula is C23H30N2O11. The summed E-state index contributed by atoms with van der Waals surface area (Å²) < 4.78 is 9.89. The van der Waals surface area contributed by atoms with Crippen LogP contribution in [0.15, 0.2) is 0 Å². The molecule has 13 nitrogen and oxygen atoms in total. The van der Waals surface area contributed by atoms with E-state index in [1.807, 2.05) is 0 Å². The number of likely N-dealkylation sites (tertiary alicyclic amines) is 1. The summed E-state index contributed by atoms with van der Waals surface area (Å²) in [5.41, 5.74) is 0. The van der Waals surface area contributed by atoms with Crippen molar-refractivity contribution in [2.75, 3.05) is 19.8 Å². The number of carbonyl (C=O) groups excluding carboxylic acids is 8. The standard InChI is InChI=1S/C23H30N2O11/c26-16(15-24-17(27)9-10-18(24)28)5-1-2-6-21(31)34-13-14-35-22(32)7-3-4-8-23(33)36-25-19(29)11-12-20(25)30/h1-15H2. The van der Waals surface area contributed by atoms with Gasteiger partial charge >= 0.3 is 17.9 Å². The molecule has 36 heavy (non-hydrogen) atoms. The van der Waals surface area contributed by atoms with Gasteiger partial charge in [-0.2, -0.15) is 0 Å². The highest BCUT2D eigenvalue weighted by atomic mass is 16.7. The zero-order valence-corrected chi connectivity index (χ0v) is 20.0. The topological polar surface area (TPSA) is 171 Å². The molecule has 2 aliphatic heterocycles. The lowest BCUT2D eigenvalue weighted by molar-refractivity contribution is -0.197. The molecule has 4 amide bonds. The van der Waals surface area contributed by atoms with Gasteiger partial charge in [0.05, 0.1) is 6.54 Å². The molecule has 0 aromatic carbocycles. The minimum atomic E-state index is -0.736. The van der Waals surface area contributed by atoms with Crippen molar-refractivity contribution in [2.45, 2.75) is 77.0 Å². The van der Waals surface area contributed by atoms with Gasteiger partial charge in [0.2, 0.25) is 11.8 Å². The minimum absolute atomic E-state index is 0.0152. The molecule has 2 heterocycles. The van der Waals surface area contributed by atoms with Crippen LogP contribution in [0.4, 0.5) is 0 Å². The van der Waals surface area contributed by atoms with Crippen LogP contribution >= 0.6 is 0 Å². The number of esters is 2. The van der Waals surface area contributed by atoms with Crippen LogP contribution in [-0.2, 0) is 52.7 Å². The molecular weight excluding hydrogens is 480 g/mol. The molecule has 0 saturated carbocycles. The molecule has 0 aromatic heterocycles. The number of ketones is 1. The maximum Gasteiger partial charge on any atom is 0.333 e. The molecule has 0 radical (unpaired) electrons. The van der Waals surface area contributed by atoms with Crippen molar-refractivity contribution >= 4 is 47.3 Å². The Kier molecular flexibility index (Phi) is 11.7. The number of ether oxygens (including phenoxy) is 2. The van der Waals surface area contributed by atoms with Crippen LogP contribution in [0.25, 0.3) is 0 Å². The van der Waals surface area contributed by atoms with Gasteiger partial charge < -0.3 is 14.3 Å². The summed E-state index contributed by atoms with van der Waals surface area (Å²) in [5.74, 6) is -3.81. The Balaban J connectivity index is 1.42. The largest absolute Gasteiger partial charge is 0.462 e. The number of rotatable bonds is 16. The summed E-state index contributed by atoms with van der Waals surface area (Å²) in [6.45, 7) is -0.465. The number of nitrogens with zero attached hydrogens (tertiary/aromatic N) is 2. The predicted molar refractivity (Wildman–Crippen MR) is 117 cm³/mol. The second-order valence-corrected chi connectivity index (χ2v) is 8.31. The van der Waals surface area contributed by atoms with Gasteiger partial charge in [-0.3, -0.25) is 38.5 Å². The summed E-state index contributed by atoms with van der Waals surface area (Å²) in [4.78, 5) is 98.3. The lowest BCUT2D eigenvalue weighted by atomic mass is 10.1. The van der Waals surface area contributed by atoms with Gasteiger partial charge in [0.15, 0.2) is 5.78 Å². The first-order chi connectivity index (χ1) is 17.2. The Bertz CT molecular complexity index is 794. The average molecular weight is 510 g/mol. The quantitative estimate of drug-likeness (QED) is 0.161. The number of hydrogen-bond donors (Lipinski definition) is 0. The third-order valence-electron chi connectivity index (χ3n) is 5.40. The monoisotopic (exact) mass is 510 g/mol. The highest BCUT2D eigenvalue weighted by Gasteiger charge is 2.32. The number of imide groups is 2. The van der Waals surface area contributed by atoms with Crippen LogP contribution in [-0.4, -0.2) is 77.0 Å². The highest BCUT2D eigenvalue weighted by molar-refractivity contribution is 6.04. The van der Waals surface area contributed by atoms with Crippen molar-refractivity contribution in [3.05, 3.63) is 0 Å². The SMILES string of the molecule is O=C(CCCCC(=O)OCCOC(=O)CCCCC(=O)ON1C(=O)CCC1=O)CN1C(=O)CCC1=O. The lowest BCUT2D eigenvalue weighted by Gasteiger charge is -2.12. The van der Waals surface area contributed by atoms with E-state index in [9.17, 15) is 38.4 Å². The summed E-state index contributed by atoms with van der Waals surface area (Å²) in [6, 6.07) is 0. The lowest BCUT2D eigenvalue weighted by Crippen LogP contribution is -2.34. The van der Waals surface area contributed by atoms with E-state index in [1.54, 1.807) is 0 Å². The summed E-state index contributed by atoms with van der Waals surface area (Å²) in [7, 11) is 0. The summed E-state index contributed by atoms with van der Waals surface area (Å²) >= 11 is 0. The number of hydroxylamine groups is 2. The fraction of sp³-hybridized carbons (Fsp3) is 0.652. The van der Waals surface area contributed by atoms with Gasteiger partial charge in [0.1, 0.15) is 13.2 Å². The molecule has 198 valence electrons. The fourth-order valence-corrected chi connectivity index (χ4v) is 3.45. The highest BCUT2D eigenvalue weighted by Crippen LogP contribution is 2.14.